The molecule has 2 rings (SSSR count). The number of nitro groups is 1. The first-order chi connectivity index (χ1) is 9.41. The highest BCUT2D eigenvalue weighted by atomic mass is 32.2. The third-order valence-electron chi connectivity index (χ3n) is 2.66. The maximum absolute atomic E-state index is 12.3. The van der Waals surface area contributed by atoms with E-state index in [2.05, 4.69) is 9.97 Å². The van der Waals surface area contributed by atoms with Gasteiger partial charge in [0.25, 0.3) is 5.69 Å². The summed E-state index contributed by atoms with van der Waals surface area (Å²) >= 11 is 0. The molecule has 0 spiro atoms. The number of rotatable bonds is 5. The van der Waals surface area contributed by atoms with Gasteiger partial charge in [0.15, 0.2) is 0 Å². The summed E-state index contributed by atoms with van der Waals surface area (Å²) in [7, 11) is -2.42. The molecular formula is C11H12N4O4S. The zero-order chi connectivity index (χ0) is 14.8. The first-order valence-electron chi connectivity index (χ1n) is 5.60. The lowest BCUT2D eigenvalue weighted by Crippen LogP contribution is -2.27. The van der Waals surface area contributed by atoms with Gasteiger partial charge >= 0.3 is 0 Å². The van der Waals surface area contributed by atoms with Crippen LogP contribution in [-0.4, -0.2) is 34.7 Å². The van der Waals surface area contributed by atoms with Gasteiger partial charge in [0.2, 0.25) is 10.0 Å². The van der Waals surface area contributed by atoms with Gasteiger partial charge < -0.3 is 4.98 Å². The Morgan fingerprint density at radius 3 is 2.80 bits per heavy atom. The summed E-state index contributed by atoms with van der Waals surface area (Å²) in [6.07, 6.45) is 3.10. The Morgan fingerprint density at radius 2 is 2.20 bits per heavy atom. The van der Waals surface area contributed by atoms with Crippen LogP contribution in [0, 0.1) is 10.1 Å². The van der Waals surface area contributed by atoms with E-state index in [0.717, 1.165) is 10.4 Å². The molecule has 0 radical (unpaired) electrons. The predicted molar refractivity (Wildman–Crippen MR) is 70.3 cm³/mol. The van der Waals surface area contributed by atoms with E-state index in [1.54, 1.807) is 6.20 Å². The zero-order valence-electron chi connectivity index (χ0n) is 10.6. The van der Waals surface area contributed by atoms with Crippen LogP contribution in [0.4, 0.5) is 5.69 Å². The molecule has 1 heterocycles. The number of hydrogen-bond donors (Lipinski definition) is 1. The van der Waals surface area contributed by atoms with Crippen molar-refractivity contribution in [3.05, 3.63) is 52.6 Å². The van der Waals surface area contributed by atoms with Gasteiger partial charge in [-0.15, -0.1) is 0 Å². The molecule has 9 heteroatoms. The largest absolute Gasteiger partial charge is 0.347 e. The van der Waals surface area contributed by atoms with E-state index < -0.39 is 14.9 Å². The zero-order valence-corrected chi connectivity index (χ0v) is 11.4. The number of nitro benzene ring substituents is 1. The van der Waals surface area contributed by atoms with E-state index in [9.17, 15) is 18.5 Å². The van der Waals surface area contributed by atoms with E-state index in [4.69, 9.17) is 0 Å². The van der Waals surface area contributed by atoms with Crippen LogP contribution in [0.1, 0.15) is 5.82 Å². The fraction of sp³-hybridized carbons (Fsp3) is 0.182. The van der Waals surface area contributed by atoms with Gasteiger partial charge in [0.05, 0.1) is 16.4 Å². The van der Waals surface area contributed by atoms with Crippen molar-refractivity contribution in [1.29, 1.82) is 0 Å². The highest BCUT2D eigenvalue weighted by Crippen LogP contribution is 2.20. The third-order valence-corrected chi connectivity index (χ3v) is 4.46. The molecule has 8 nitrogen and oxygen atoms in total. The second-order valence-electron chi connectivity index (χ2n) is 4.05. The van der Waals surface area contributed by atoms with Crippen LogP contribution in [0.25, 0.3) is 0 Å². The van der Waals surface area contributed by atoms with E-state index in [-0.39, 0.29) is 17.1 Å². The van der Waals surface area contributed by atoms with Crippen molar-refractivity contribution in [2.75, 3.05) is 7.05 Å². The molecule has 2 aromatic rings. The maximum atomic E-state index is 12.3. The Morgan fingerprint density at radius 1 is 1.45 bits per heavy atom. The molecule has 0 aliphatic rings. The molecule has 0 fully saturated rings. The Balaban J connectivity index is 2.29. The van der Waals surface area contributed by atoms with Crippen molar-refractivity contribution in [1.82, 2.24) is 14.3 Å². The minimum Gasteiger partial charge on any atom is -0.347 e. The number of sulfonamides is 1. The van der Waals surface area contributed by atoms with Crippen LogP contribution in [0.5, 0.6) is 0 Å². The number of hydrogen-bond acceptors (Lipinski definition) is 5. The molecule has 0 saturated heterocycles. The monoisotopic (exact) mass is 296 g/mol. The molecule has 106 valence electrons. The Kier molecular flexibility index (Phi) is 3.81. The number of H-pyrrole nitrogens is 1. The molecular weight excluding hydrogens is 284 g/mol. The van der Waals surface area contributed by atoms with Crippen molar-refractivity contribution in [2.24, 2.45) is 0 Å². The predicted octanol–water partition coefficient (Wildman–Crippen LogP) is 1.14. The number of benzene rings is 1. The molecule has 20 heavy (non-hydrogen) atoms. The second kappa shape index (κ2) is 5.39. The van der Waals surface area contributed by atoms with Crippen LogP contribution in [0.3, 0.4) is 0 Å². The molecule has 0 atom stereocenters. The molecule has 1 N–H and O–H groups in total. The van der Waals surface area contributed by atoms with Gasteiger partial charge in [-0.25, -0.2) is 13.4 Å². The summed E-state index contributed by atoms with van der Waals surface area (Å²) in [6.45, 7) is 0.0536. The van der Waals surface area contributed by atoms with Crippen molar-refractivity contribution < 1.29 is 13.3 Å². The normalized spacial score (nSPS) is 11.7. The number of aromatic nitrogens is 2. The van der Waals surface area contributed by atoms with E-state index >= 15 is 0 Å². The lowest BCUT2D eigenvalue weighted by molar-refractivity contribution is -0.385. The molecule has 0 saturated carbocycles. The van der Waals surface area contributed by atoms with Crippen molar-refractivity contribution >= 4 is 15.7 Å². The molecule has 1 aromatic heterocycles. The number of non-ortho nitro benzene ring substituents is 1. The fourth-order valence-electron chi connectivity index (χ4n) is 1.62. The maximum Gasteiger partial charge on any atom is 0.270 e. The number of aromatic amines is 1. The number of nitrogens with zero attached hydrogens (tertiary/aromatic N) is 3. The summed E-state index contributed by atoms with van der Waals surface area (Å²) in [5.74, 6) is 0.488. The van der Waals surface area contributed by atoms with Crippen LogP contribution >= 0.6 is 0 Å². The summed E-state index contributed by atoms with van der Waals surface area (Å²) in [5.41, 5.74) is -0.266. The van der Waals surface area contributed by atoms with Crippen LogP contribution < -0.4 is 0 Å². The fourth-order valence-corrected chi connectivity index (χ4v) is 2.79. The topological polar surface area (TPSA) is 109 Å². The van der Waals surface area contributed by atoms with Crippen molar-refractivity contribution in [3.8, 4) is 0 Å². The smallest absolute Gasteiger partial charge is 0.270 e. The Bertz CT molecular complexity index is 712. The molecule has 0 aliphatic carbocycles. The summed E-state index contributed by atoms with van der Waals surface area (Å²) < 4.78 is 25.7. The van der Waals surface area contributed by atoms with Crippen molar-refractivity contribution in [2.45, 2.75) is 11.4 Å². The SMILES string of the molecule is CN(Cc1ncc[nH]1)S(=O)(=O)c1cccc([N+](=O)[O-])c1. The van der Waals surface area contributed by atoms with Gasteiger partial charge in [0.1, 0.15) is 5.82 Å². The minimum atomic E-state index is -3.80. The molecule has 0 amide bonds. The summed E-state index contributed by atoms with van der Waals surface area (Å²) in [4.78, 5) is 16.7. The third kappa shape index (κ3) is 2.83. The van der Waals surface area contributed by atoms with Crippen LogP contribution in [0.15, 0.2) is 41.6 Å². The Hall–Kier alpha value is -2.26. The van der Waals surface area contributed by atoms with Crippen LogP contribution in [-0.2, 0) is 16.6 Å². The number of nitrogens with one attached hydrogen (secondary N) is 1. The highest BCUT2D eigenvalue weighted by molar-refractivity contribution is 7.89. The van der Waals surface area contributed by atoms with Crippen LogP contribution in [0.2, 0.25) is 0 Å². The minimum absolute atomic E-state index is 0.0536. The average molecular weight is 296 g/mol. The van der Waals surface area contributed by atoms with Gasteiger partial charge in [-0.1, -0.05) is 6.07 Å². The van der Waals surface area contributed by atoms with E-state index in [0.29, 0.717) is 5.82 Å². The van der Waals surface area contributed by atoms with Gasteiger partial charge in [0, 0.05) is 31.6 Å². The first kappa shape index (κ1) is 14.2. The average Bonchev–Trinajstić information content (AvgIpc) is 2.91. The van der Waals surface area contributed by atoms with Crippen molar-refractivity contribution in [3.63, 3.8) is 0 Å². The molecule has 0 aliphatic heterocycles. The quantitative estimate of drug-likeness (QED) is 0.657. The summed E-state index contributed by atoms with van der Waals surface area (Å²) in [6, 6.07) is 4.94. The first-order valence-corrected chi connectivity index (χ1v) is 7.04. The lowest BCUT2D eigenvalue weighted by Gasteiger charge is -2.15. The van der Waals surface area contributed by atoms with Gasteiger partial charge in [-0.05, 0) is 6.07 Å². The Labute approximate surface area is 115 Å². The van der Waals surface area contributed by atoms with E-state index in [1.807, 2.05) is 0 Å². The van der Waals surface area contributed by atoms with Gasteiger partial charge in [-0.2, -0.15) is 4.31 Å². The molecule has 0 bridgehead atoms. The lowest BCUT2D eigenvalue weighted by atomic mass is 10.3. The number of imidazole rings is 1. The molecule has 0 unspecified atom stereocenters. The van der Waals surface area contributed by atoms with Gasteiger partial charge in [-0.3, -0.25) is 10.1 Å². The second-order valence-corrected chi connectivity index (χ2v) is 6.10. The highest BCUT2D eigenvalue weighted by Gasteiger charge is 2.23. The van der Waals surface area contributed by atoms with E-state index in [1.165, 1.54) is 31.4 Å². The summed E-state index contributed by atoms with van der Waals surface area (Å²) in [5, 5.41) is 10.7. The molecule has 1 aromatic carbocycles. The standard InChI is InChI=1S/C11H12N4O4S/c1-14(8-11-12-5-6-13-11)20(18,19)10-4-2-3-9(7-10)15(16)17/h2-7H,8H2,1H3,(H,12,13).